The molecule has 30 heavy (non-hydrogen) atoms. The maximum atomic E-state index is 12.5. The van der Waals surface area contributed by atoms with Crippen LogP contribution in [0.25, 0.3) is 0 Å². The molecule has 164 valence electrons. The number of fused-ring (bicyclic) bond motifs is 1. The smallest absolute Gasteiger partial charge is 0.223 e. The highest BCUT2D eigenvalue weighted by atomic mass is 127. The lowest BCUT2D eigenvalue weighted by molar-refractivity contribution is -0.131. The van der Waals surface area contributed by atoms with E-state index < -0.39 is 0 Å². The van der Waals surface area contributed by atoms with Gasteiger partial charge < -0.3 is 15.5 Å². The fraction of sp³-hybridized carbons (Fsp3) is 0.478. The SMILES string of the molecule is CCNC(=NCC(C)(C)c1cccs1)NCCCC(=O)N1Cc2ccccc2C1.I. The minimum absolute atomic E-state index is 0. The first-order valence-corrected chi connectivity index (χ1v) is 11.3. The Morgan fingerprint density at radius 2 is 1.83 bits per heavy atom. The molecule has 0 spiro atoms. The van der Waals surface area contributed by atoms with Crippen molar-refractivity contribution in [1.82, 2.24) is 15.5 Å². The maximum Gasteiger partial charge on any atom is 0.223 e. The van der Waals surface area contributed by atoms with Gasteiger partial charge in [-0.2, -0.15) is 0 Å². The molecule has 3 rings (SSSR count). The summed E-state index contributed by atoms with van der Waals surface area (Å²) in [6, 6.07) is 12.6. The van der Waals surface area contributed by atoms with Gasteiger partial charge in [-0.3, -0.25) is 9.79 Å². The first-order valence-electron chi connectivity index (χ1n) is 10.4. The zero-order chi connectivity index (χ0) is 20.7. The zero-order valence-electron chi connectivity index (χ0n) is 18.1. The molecular formula is C23H33IN4OS. The lowest BCUT2D eigenvalue weighted by Gasteiger charge is -2.22. The number of guanidine groups is 1. The molecular weight excluding hydrogens is 507 g/mol. The molecule has 1 aliphatic rings. The van der Waals surface area contributed by atoms with Crippen LogP contribution in [0.5, 0.6) is 0 Å². The van der Waals surface area contributed by atoms with Gasteiger partial charge in [0.25, 0.3) is 0 Å². The summed E-state index contributed by atoms with van der Waals surface area (Å²) in [5.41, 5.74) is 2.56. The molecule has 1 amide bonds. The van der Waals surface area contributed by atoms with E-state index in [-0.39, 0.29) is 35.3 Å². The van der Waals surface area contributed by atoms with Gasteiger partial charge in [-0.1, -0.05) is 44.2 Å². The number of thiophene rings is 1. The van der Waals surface area contributed by atoms with Crippen LogP contribution in [-0.4, -0.2) is 36.4 Å². The van der Waals surface area contributed by atoms with Gasteiger partial charge in [0, 0.05) is 42.9 Å². The zero-order valence-corrected chi connectivity index (χ0v) is 21.3. The number of benzene rings is 1. The summed E-state index contributed by atoms with van der Waals surface area (Å²) in [6.45, 7) is 10.3. The molecule has 0 radical (unpaired) electrons. The van der Waals surface area contributed by atoms with Gasteiger partial charge >= 0.3 is 0 Å². The lowest BCUT2D eigenvalue weighted by Crippen LogP contribution is -2.39. The van der Waals surface area contributed by atoms with Crippen molar-refractivity contribution in [3.8, 4) is 0 Å². The van der Waals surface area contributed by atoms with Gasteiger partial charge in [-0.25, -0.2) is 0 Å². The summed E-state index contributed by atoms with van der Waals surface area (Å²) in [7, 11) is 0. The average Bonchev–Trinajstić information content (AvgIpc) is 3.39. The quantitative estimate of drug-likeness (QED) is 0.224. The topological polar surface area (TPSA) is 56.7 Å². The summed E-state index contributed by atoms with van der Waals surface area (Å²) in [5.74, 6) is 1.04. The Balaban J connectivity index is 0.00000320. The lowest BCUT2D eigenvalue weighted by atomic mass is 9.92. The van der Waals surface area contributed by atoms with Crippen LogP contribution in [0.4, 0.5) is 0 Å². The molecule has 2 N–H and O–H groups in total. The molecule has 7 heteroatoms. The highest BCUT2D eigenvalue weighted by molar-refractivity contribution is 14.0. The summed E-state index contributed by atoms with van der Waals surface area (Å²) in [4.78, 5) is 20.6. The summed E-state index contributed by atoms with van der Waals surface area (Å²) in [5, 5.41) is 8.79. The Morgan fingerprint density at radius 3 is 2.43 bits per heavy atom. The number of nitrogens with zero attached hydrogens (tertiary/aromatic N) is 2. The Bertz CT molecular complexity index is 810. The fourth-order valence-corrected chi connectivity index (χ4v) is 4.32. The molecule has 1 aromatic heterocycles. The van der Waals surface area contributed by atoms with E-state index in [1.165, 1.54) is 16.0 Å². The Kier molecular flexibility index (Phi) is 9.61. The normalized spacial score (nSPS) is 13.6. The van der Waals surface area contributed by atoms with Crippen molar-refractivity contribution >= 4 is 47.2 Å². The monoisotopic (exact) mass is 540 g/mol. The number of carbonyl (C=O) groups excluding carboxylic acids is 1. The molecule has 1 aliphatic heterocycles. The van der Waals surface area contributed by atoms with E-state index in [1.54, 1.807) is 11.3 Å². The molecule has 0 bridgehead atoms. The number of rotatable bonds is 8. The number of carbonyl (C=O) groups is 1. The van der Waals surface area contributed by atoms with E-state index >= 15 is 0 Å². The van der Waals surface area contributed by atoms with Crippen molar-refractivity contribution in [2.24, 2.45) is 4.99 Å². The van der Waals surface area contributed by atoms with Crippen LogP contribution in [0.15, 0.2) is 46.8 Å². The summed E-state index contributed by atoms with van der Waals surface area (Å²) >= 11 is 1.77. The van der Waals surface area contributed by atoms with Crippen LogP contribution in [0.2, 0.25) is 0 Å². The van der Waals surface area contributed by atoms with E-state index in [0.29, 0.717) is 13.0 Å². The molecule has 0 atom stereocenters. The maximum absolute atomic E-state index is 12.5. The minimum atomic E-state index is 0. The standard InChI is InChI=1S/C23H32N4OS.HI/c1-4-24-22(26-17-23(2,3)20-11-8-14-29-20)25-13-7-12-21(28)27-15-18-9-5-6-10-19(18)16-27;/h5-6,8-11,14H,4,7,12-13,15-17H2,1-3H3,(H2,24,25,26);1H. The average molecular weight is 541 g/mol. The van der Waals surface area contributed by atoms with Gasteiger partial charge in [0.1, 0.15) is 0 Å². The Hall–Kier alpha value is -1.61. The number of halogens is 1. The van der Waals surface area contributed by atoms with Crippen LogP contribution in [-0.2, 0) is 23.3 Å². The fourth-order valence-electron chi connectivity index (χ4n) is 3.47. The Labute approximate surface area is 201 Å². The van der Waals surface area contributed by atoms with Crippen LogP contribution in [0, 0.1) is 0 Å². The van der Waals surface area contributed by atoms with Gasteiger partial charge in [-0.15, -0.1) is 35.3 Å². The predicted octanol–water partition coefficient (Wildman–Crippen LogP) is 4.52. The van der Waals surface area contributed by atoms with Crippen LogP contribution >= 0.6 is 35.3 Å². The molecule has 0 unspecified atom stereocenters. The second-order valence-electron chi connectivity index (χ2n) is 8.11. The summed E-state index contributed by atoms with van der Waals surface area (Å²) in [6.07, 6.45) is 1.35. The molecule has 5 nitrogen and oxygen atoms in total. The molecule has 0 fully saturated rings. The van der Waals surface area contributed by atoms with E-state index in [4.69, 9.17) is 4.99 Å². The van der Waals surface area contributed by atoms with Crippen molar-refractivity contribution in [2.75, 3.05) is 19.6 Å². The van der Waals surface area contributed by atoms with Crippen molar-refractivity contribution in [2.45, 2.75) is 52.1 Å². The van der Waals surface area contributed by atoms with E-state index in [1.807, 2.05) is 17.0 Å². The highest BCUT2D eigenvalue weighted by Gasteiger charge is 2.23. The van der Waals surface area contributed by atoms with E-state index in [0.717, 1.165) is 38.6 Å². The van der Waals surface area contributed by atoms with Crippen LogP contribution in [0.1, 0.15) is 49.6 Å². The van der Waals surface area contributed by atoms with Crippen LogP contribution < -0.4 is 10.6 Å². The van der Waals surface area contributed by atoms with Crippen molar-refractivity contribution < 1.29 is 4.79 Å². The first kappa shape index (κ1) is 24.7. The molecule has 0 saturated carbocycles. The number of nitrogens with one attached hydrogen (secondary N) is 2. The van der Waals surface area contributed by atoms with E-state index in [2.05, 4.69) is 61.1 Å². The van der Waals surface area contributed by atoms with Gasteiger partial charge in [0.2, 0.25) is 5.91 Å². The highest BCUT2D eigenvalue weighted by Crippen LogP contribution is 2.27. The number of hydrogen-bond acceptors (Lipinski definition) is 3. The third-order valence-corrected chi connectivity index (χ3v) is 6.45. The number of amides is 1. The molecule has 2 aromatic rings. The van der Waals surface area contributed by atoms with Gasteiger partial charge in [-0.05, 0) is 35.9 Å². The largest absolute Gasteiger partial charge is 0.357 e. The second kappa shape index (κ2) is 11.7. The third kappa shape index (κ3) is 6.70. The molecule has 1 aromatic carbocycles. The number of aliphatic imine (C=N–C) groups is 1. The molecule has 0 saturated heterocycles. The Morgan fingerprint density at radius 1 is 1.13 bits per heavy atom. The third-order valence-electron chi connectivity index (χ3n) is 5.22. The first-order chi connectivity index (χ1) is 14.0. The van der Waals surface area contributed by atoms with Crippen molar-refractivity contribution in [3.05, 3.63) is 57.8 Å². The molecule has 0 aliphatic carbocycles. The van der Waals surface area contributed by atoms with Gasteiger partial charge in [0.15, 0.2) is 5.96 Å². The predicted molar refractivity (Wildman–Crippen MR) is 137 cm³/mol. The second-order valence-corrected chi connectivity index (χ2v) is 9.05. The molecule has 2 heterocycles. The van der Waals surface area contributed by atoms with E-state index in [9.17, 15) is 4.79 Å². The minimum Gasteiger partial charge on any atom is -0.357 e. The number of hydrogen-bond donors (Lipinski definition) is 2. The van der Waals surface area contributed by atoms with Crippen molar-refractivity contribution in [1.29, 1.82) is 0 Å². The van der Waals surface area contributed by atoms with Crippen molar-refractivity contribution in [3.63, 3.8) is 0 Å². The van der Waals surface area contributed by atoms with Crippen LogP contribution in [0.3, 0.4) is 0 Å². The summed E-state index contributed by atoms with van der Waals surface area (Å²) < 4.78 is 0. The van der Waals surface area contributed by atoms with Gasteiger partial charge in [0.05, 0.1) is 6.54 Å².